The normalized spacial score (nSPS) is 18.4. The van der Waals surface area contributed by atoms with Gasteiger partial charge >= 0.3 is 0 Å². The third kappa shape index (κ3) is 5.46. The molecule has 1 aromatic rings. The number of benzene rings is 1. The molecule has 106 valence electrons. The first-order chi connectivity index (χ1) is 9.28. The molecule has 4 heteroatoms. The second-order valence-corrected chi connectivity index (χ2v) is 7.05. The third-order valence-electron chi connectivity index (χ3n) is 3.61. The SMILES string of the molecule is CNC(CSc1cccc(Br)c1)CC1CCOCC1. The van der Waals surface area contributed by atoms with Crippen LogP contribution in [0.2, 0.25) is 0 Å². The second-order valence-electron chi connectivity index (χ2n) is 5.05. The maximum Gasteiger partial charge on any atom is 0.0468 e. The van der Waals surface area contributed by atoms with Crippen molar-refractivity contribution >= 4 is 27.7 Å². The molecule has 2 rings (SSSR count). The fourth-order valence-corrected chi connectivity index (χ4v) is 4.04. The molecule has 0 bridgehead atoms. The first-order valence-corrected chi connectivity index (χ1v) is 8.69. The molecular weight excluding hydrogens is 322 g/mol. The molecular formula is C15H22BrNOS. The van der Waals surface area contributed by atoms with Gasteiger partial charge in [0.2, 0.25) is 0 Å². The molecule has 1 fully saturated rings. The molecule has 1 heterocycles. The zero-order chi connectivity index (χ0) is 13.5. The van der Waals surface area contributed by atoms with Crippen molar-refractivity contribution in [3.8, 4) is 0 Å². The van der Waals surface area contributed by atoms with E-state index in [1.165, 1.54) is 24.2 Å². The van der Waals surface area contributed by atoms with Gasteiger partial charge in [0.1, 0.15) is 0 Å². The molecule has 2 nitrogen and oxygen atoms in total. The first-order valence-electron chi connectivity index (χ1n) is 6.91. The van der Waals surface area contributed by atoms with Crippen LogP contribution in [0.4, 0.5) is 0 Å². The van der Waals surface area contributed by atoms with E-state index in [2.05, 4.69) is 52.6 Å². The molecule has 0 aromatic heterocycles. The third-order valence-corrected chi connectivity index (χ3v) is 5.26. The Labute approximate surface area is 128 Å². The summed E-state index contributed by atoms with van der Waals surface area (Å²) in [6, 6.07) is 9.12. The maximum absolute atomic E-state index is 5.43. The smallest absolute Gasteiger partial charge is 0.0468 e. The molecule has 0 radical (unpaired) electrons. The lowest BCUT2D eigenvalue weighted by Crippen LogP contribution is -2.32. The predicted molar refractivity (Wildman–Crippen MR) is 85.9 cm³/mol. The molecule has 0 aliphatic carbocycles. The van der Waals surface area contributed by atoms with E-state index in [0.717, 1.165) is 29.4 Å². The summed E-state index contributed by atoms with van der Waals surface area (Å²) in [5, 5.41) is 3.46. The molecule has 0 spiro atoms. The van der Waals surface area contributed by atoms with E-state index in [0.29, 0.717) is 6.04 Å². The summed E-state index contributed by atoms with van der Waals surface area (Å²) >= 11 is 5.46. The Kier molecular flexibility index (Phi) is 6.71. The molecule has 1 atom stereocenters. The highest BCUT2D eigenvalue weighted by Crippen LogP contribution is 2.26. The zero-order valence-electron chi connectivity index (χ0n) is 11.4. The van der Waals surface area contributed by atoms with Crippen LogP contribution in [0, 0.1) is 5.92 Å². The average molecular weight is 344 g/mol. The van der Waals surface area contributed by atoms with Gasteiger partial charge < -0.3 is 10.1 Å². The largest absolute Gasteiger partial charge is 0.381 e. The second kappa shape index (κ2) is 8.30. The van der Waals surface area contributed by atoms with E-state index in [1.807, 2.05) is 11.8 Å². The van der Waals surface area contributed by atoms with E-state index in [-0.39, 0.29) is 0 Å². The van der Waals surface area contributed by atoms with Gasteiger partial charge in [-0.15, -0.1) is 11.8 Å². The van der Waals surface area contributed by atoms with Crippen LogP contribution >= 0.6 is 27.7 Å². The Hall–Kier alpha value is -0.0300. The lowest BCUT2D eigenvalue weighted by molar-refractivity contribution is 0.0616. The van der Waals surface area contributed by atoms with E-state index < -0.39 is 0 Å². The fraction of sp³-hybridized carbons (Fsp3) is 0.600. The van der Waals surface area contributed by atoms with Gasteiger partial charge in [0.25, 0.3) is 0 Å². The van der Waals surface area contributed by atoms with Crippen molar-refractivity contribution in [2.45, 2.75) is 30.2 Å². The quantitative estimate of drug-likeness (QED) is 0.790. The lowest BCUT2D eigenvalue weighted by atomic mass is 9.93. The van der Waals surface area contributed by atoms with E-state index in [9.17, 15) is 0 Å². The average Bonchev–Trinajstić information content (AvgIpc) is 2.44. The standard InChI is InChI=1S/C15H22BrNOS/c1-17-14(9-12-5-7-18-8-6-12)11-19-15-4-2-3-13(16)10-15/h2-4,10,12,14,17H,5-9,11H2,1H3. The minimum absolute atomic E-state index is 0.590. The number of ether oxygens (including phenoxy) is 1. The highest BCUT2D eigenvalue weighted by molar-refractivity contribution is 9.10. The van der Waals surface area contributed by atoms with Crippen LogP contribution in [-0.2, 0) is 4.74 Å². The van der Waals surface area contributed by atoms with Crippen molar-refractivity contribution in [3.63, 3.8) is 0 Å². The predicted octanol–water partition coefficient (Wildman–Crippen LogP) is 3.95. The highest BCUT2D eigenvalue weighted by atomic mass is 79.9. The van der Waals surface area contributed by atoms with Gasteiger partial charge in [-0.3, -0.25) is 0 Å². The number of hydrogen-bond donors (Lipinski definition) is 1. The maximum atomic E-state index is 5.43. The molecule has 1 saturated heterocycles. The zero-order valence-corrected chi connectivity index (χ0v) is 13.8. The molecule has 0 amide bonds. The van der Waals surface area contributed by atoms with Gasteiger partial charge in [-0.05, 0) is 50.4 Å². The summed E-state index contributed by atoms with van der Waals surface area (Å²) in [7, 11) is 2.07. The Morgan fingerprint density at radius 1 is 1.42 bits per heavy atom. The topological polar surface area (TPSA) is 21.3 Å². The monoisotopic (exact) mass is 343 g/mol. The summed E-state index contributed by atoms with van der Waals surface area (Å²) in [6.07, 6.45) is 3.71. The minimum Gasteiger partial charge on any atom is -0.381 e. The molecule has 1 N–H and O–H groups in total. The summed E-state index contributed by atoms with van der Waals surface area (Å²) < 4.78 is 6.58. The summed E-state index contributed by atoms with van der Waals surface area (Å²) in [6.45, 7) is 1.89. The molecule has 0 saturated carbocycles. The van der Waals surface area contributed by atoms with Gasteiger partial charge in [-0.25, -0.2) is 0 Å². The van der Waals surface area contributed by atoms with Crippen LogP contribution in [-0.4, -0.2) is 32.1 Å². The van der Waals surface area contributed by atoms with E-state index >= 15 is 0 Å². The number of nitrogens with one attached hydrogen (secondary N) is 1. The Bertz CT molecular complexity index is 382. The Morgan fingerprint density at radius 2 is 2.21 bits per heavy atom. The Balaban J connectivity index is 1.78. The van der Waals surface area contributed by atoms with Crippen molar-refractivity contribution in [1.82, 2.24) is 5.32 Å². The van der Waals surface area contributed by atoms with Crippen molar-refractivity contribution in [2.75, 3.05) is 26.0 Å². The highest BCUT2D eigenvalue weighted by Gasteiger charge is 2.18. The summed E-state index contributed by atoms with van der Waals surface area (Å²) in [5.41, 5.74) is 0. The van der Waals surface area contributed by atoms with E-state index in [4.69, 9.17) is 4.74 Å². The van der Waals surface area contributed by atoms with Crippen LogP contribution < -0.4 is 5.32 Å². The number of rotatable bonds is 6. The van der Waals surface area contributed by atoms with Crippen molar-refractivity contribution in [2.24, 2.45) is 5.92 Å². The number of halogens is 1. The van der Waals surface area contributed by atoms with Gasteiger partial charge in [0.15, 0.2) is 0 Å². The number of thioether (sulfide) groups is 1. The lowest BCUT2D eigenvalue weighted by Gasteiger charge is -2.26. The van der Waals surface area contributed by atoms with Gasteiger partial charge in [0, 0.05) is 34.4 Å². The first kappa shape index (κ1) is 15.4. The van der Waals surface area contributed by atoms with Crippen LogP contribution in [0.15, 0.2) is 33.6 Å². The van der Waals surface area contributed by atoms with Crippen LogP contribution in [0.25, 0.3) is 0 Å². The van der Waals surface area contributed by atoms with Gasteiger partial charge in [0.05, 0.1) is 0 Å². The molecule has 1 aliphatic heterocycles. The summed E-state index contributed by atoms with van der Waals surface area (Å²) in [5.74, 6) is 1.96. The van der Waals surface area contributed by atoms with Crippen molar-refractivity contribution < 1.29 is 4.74 Å². The molecule has 19 heavy (non-hydrogen) atoms. The molecule has 1 aromatic carbocycles. The molecule has 1 unspecified atom stereocenters. The Morgan fingerprint density at radius 3 is 2.89 bits per heavy atom. The number of hydrogen-bond acceptors (Lipinski definition) is 3. The van der Waals surface area contributed by atoms with Gasteiger partial charge in [-0.2, -0.15) is 0 Å². The summed E-state index contributed by atoms with van der Waals surface area (Å²) in [4.78, 5) is 1.33. The van der Waals surface area contributed by atoms with Crippen molar-refractivity contribution in [1.29, 1.82) is 0 Å². The van der Waals surface area contributed by atoms with Crippen LogP contribution in [0.3, 0.4) is 0 Å². The van der Waals surface area contributed by atoms with Gasteiger partial charge in [-0.1, -0.05) is 22.0 Å². The molecule has 1 aliphatic rings. The van der Waals surface area contributed by atoms with Crippen molar-refractivity contribution in [3.05, 3.63) is 28.7 Å². The minimum atomic E-state index is 0.590. The van der Waals surface area contributed by atoms with E-state index in [1.54, 1.807) is 0 Å². The van der Waals surface area contributed by atoms with Crippen LogP contribution in [0.1, 0.15) is 19.3 Å². The van der Waals surface area contributed by atoms with Crippen LogP contribution in [0.5, 0.6) is 0 Å². The fourth-order valence-electron chi connectivity index (χ4n) is 2.41.